The van der Waals surface area contributed by atoms with Gasteiger partial charge in [0.05, 0.1) is 6.54 Å². The van der Waals surface area contributed by atoms with Crippen molar-refractivity contribution in [3.8, 4) is 0 Å². The minimum atomic E-state index is -0.255. The molecular weight excluding hydrogens is 256 g/mol. The van der Waals surface area contributed by atoms with Gasteiger partial charge in [-0.05, 0) is 30.0 Å². The Labute approximate surface area is 118 Å². The molecule has 1 aromatic carbocycles. The van der Waals surface area contributed by atoms with Gasteiger partial charge in [-0.15, -0.1) is 5.01 Å². The Morgan fingerprint density at radius 3 is 2.60 bits per heavy atom. The smallest absolute Gasteiger partial charge is 0.160 e. The first kappa shape index (κ1) is 13.3. The second kappa shape index (κ2) is 5.76. The van der Waals surface area contributed by atoms with Crippen LogP contribution in [0.25, 0.3) is 0 Å². The van der Waals surface area contributed by atoms with Gasteiger partial charge in [-0.2, -0.15) is 0 Å². The molecule has 20 heavy (non-hydrogen) atoms. The molecule has 3 rings (SSSR count). The van der Waals surface area contributed by atoms with Gasteiger partial charge in [0.15, 0.2) is 5.03 Å². The van der Waals surface area contributed by atoms with Crippen molar-refractivity contribution in [2.45, 2.75) is 18.4 Å². The van der Waals surface area contributed by atoms with Crippen molar-refractivity contribution >= 4 is 0 Å². The Morgan fingerprint density at radius 2 is 1.90 bits per heavy atom. The molecule has 0 radical (unpaired) electrons. The summed E-state index contributed by atoms with van der Waals surface area (Å²) < 4.78 is 0. The van der Waals surface area contributed by atoms with Crippen molar-refractivity contribution in [3.63, 3.8) is 0 Å². The van der Waals surface area contributed by atoms with Crippen molar-refractivity contribution in [3.05, 3.63) is 45.5 Å². The topological polar surface area (TPSA) is 70.4 Å². The average Bonchev–Trinajstić information content (AvgIpc) is 3.01. The van der Waals surface area contributed by atoms with Gasteiger partial charge in [-0.3, -0.25) is 0 Å². The van der Waals surface area contributed by atoms with Crippen LogP contribution >= 0.6 is 0 Å². The average molecular weight is 276 g/mol. The number of nitrogens with one attached hydrogen (secondary N) is 2. The molecule has 1 aromatic rings. The van der Waals surface area contributed by atoms with Gasteiger partial charge >= 0.3 is 0 Å². The number of hydrogen-bond donors (Lipinski definition) is 2. The fourth-order valence-electron chi connectivity index (χ4n) is 3.27. The number of nitrogens with zero attached hydrogens (tertiary/aromatic N) is 2. The van der Waals surface area contributed by atoms with Crippen LogP contribution in [0.3, 0.4) is 0 Å². The Kier molecular flexibility index (Phi) is 3.84. The molecule has 2 N–H and O–H groups in total. The molecule has 2 aliphatic heterocycles. The highest BCUT2D eigenvalue weighted by molar-refractivity contribution is 5.34. The van der Waals surface area contributed by atoms with Crippen molar-refractivity contribution in [2.75, 3.05) is 32.7 Å². The van der Waals surface area contributed by atoms with Gasteiger partial charge in [-0.25, -0.2) is 10.1 Å². The Balaban J connectivity index is 1.93. The minimum absolute atomic E-state index is 0.171. The Morgan fingerprint density at radius 1 is 1.15 bits per heavy atom. The molecule has 2 heterocycles. The molecule has 0 spiro atoms. The third kappa shape index (κ3) is 2.48. The van der Waals surface area contributed by atoms with E-state index in [-0.39, 0.29) is 11.1 Å². The van der Waals surface area contributed by atoms with E-state index in [1.165, 1.54) is 10.6 Å². The van der Waals surface area contributed by atoms with E-state index in [4.69, 9.17) is 0 Å². The third-order valence-electron chi connectivity index (χ3n) is 4.28. The summed E-state index contributed by atoms with van der Waals surface area (Å²) in [6.07, 6.45) is 1.11. The predicted octanol–water partition coefficient (Wildman–Crippen LogP) is 0.901. The number of hydrogen-bond acceptors (Lipinski definition) is 4. The summed E-state index contributed by atoms with van der Waals surface area (Å²) >= 11 is 0. The lowest BCUT2D eigenvalue weighted by molar-refractivity contribution is -0.667. The molecule has 6 nitrogen and oxygen atoms in total. The SMILES string of the molecule is O=[N+]([O-])N1CCNCC1c1ccccc1C1CCNC1. The molecule has 2 unspecified atom stereocenters. The molecule has 0 saturated carbocycles. The summed E-state index contributed by atoms with van der Waals surface area (Å²) in [5.74, 6) is 0.474. The van der Waals surface area contributed by atoms with Gasteiger partial charge < -0.3 is 10.6 Å². The lowest BCUT2D eigenvalue weighted by Crippen LogP contribution is -2.48. The van der Waals surface area contributed by atoms with E-state index in [2.05, 4.69) is 16.7 Å². The first-order valence-corrected chi connectivity index (χ1v) is 7.18. The number of nitro groups is 1. The molecule has 2 fully saturated rings. The molecule has 0 aliphatic carbocycles. The molecule has 6 heteroatoms. The zero-order valence-corrected chi connectivity index (χ0v) is 11.4. The molecular formula is C14H20N4O2. The fourth-order valence-corrected chi connectivity index (χ4v) is 3.27. The van der Waals surface area contributed by atoms with Gasteiger partial charge in [-0.1, -0.05) is 24.3 Å². The van der Waals surface area contributed by atoms with Crippen LogP contribution < -0.4 is 10.6 Å². The molecule has 0 bridgehead atoms. The summed E-state index contributed by atoms with van der Waals surface area (Å²) in [5, 5.41) is 19.0. The lowest BCUT2D eigenvalue weighted by Gasteiger charge is -2.31. The van der Waals surface area contributed by atoms with Gasteiger partial charge in [0.2, 0.25) is 0 Å². The summed E-state index contributed by atoms with van der Waals surface area (Å²) in [7, 11) is 0. The van der Waals surface area contributed by atoms with Crippen LogP contribution in [0, 0.1) is 10.1 Å². The van der Waals surface area contributed by atoms with Crippen LogP contribution in [0.4, 0.5) is 0 Å². The standard InChI is InChI=1S/C14H20N4O2/c19-18(20)17-8-7-16-10-14(17)13-4-2-1-3-12(13)11-5-6-15-9-11/h1-4,11,14-16H,5-10H2. The number of benzene rings is 1. The number of hydrazine groups is 1. The summed E-state index contributed by atoms with van der Waals surface area (Å²) in [4.78, 5) is 11.3. The normalized spacial score (nSPS) is 26.7. The highest BCUT2D eigenvalue weighted by atomic mass is 16.7. The monoisotopic (exact) mass is 276 g/mol. The van der Waals surface area contributed by atoms with E-state index in [0.29, 0.717) is 25.6 Å². The van der Waals surface area contributed by atoms with Crippen LogP contribution in [0.5, 0.6) is 0 Å². The van der Waals surface area contributed by atoms with Crippen molar-refractivity contribution < 1.29 is 5.03 Å². The van der Waals surface area contributed by atoms with Crippen LogP contribution in [-0.4, -0.2) is 42.8 Å². The van der Waals surface area contributed by atoms with Crippen LogP contribution in [0.2, 0.25) is 0 Å². The van der Waals surface area contributed by atoms with E-state index in [1.54, 1.807) is 0 Å². The van der Waals surface area contributed by atoms with Gasteiger partial charge in [0.1, 0.15) is 6.04 Å². The highest BCUT2D eigenvalue weighted by Gasteiger charge is 2.33. The van der Waals surface area contributed by atoms with Crippen molar-refractivity contribution in [2.24, 2.45) is 0 Å². The molecule has 0 aromatic heterocycles. The molecule has 2 aliphatic rings. The van der Waals surface area contributed by atoms with Crippen LogP contribution in [0.15, 0.2) is 24.3 Å². The summed E-state index contributed by atoms with van der Waals surface area (Å²) in [5.41, 5.74) is 2.36. The maximum atomic E-state index is 11.3. The van der Waals surface area contributed by atoms with Crippen LogP contribution in [0.1, 0.15) is 29.5 Å². The van der Waals surface area contributed by atoms with E-state index in [9.17, 15) is 10.1 Å². The van der Waals surface area contributed by atoms with E-state index in [0.717, 1.165) is 25.1 Å². The lowest BCUT2D eigenvalue weighted by atomic mass is 9.89. The zero-order chi connectivity index (χ0) is 13.9. The van der Waals surface area contributed by atoms with Gasteiger partial charge in [0, 0.05) is 19.6 Å². The minimum Gasteiger partial charge on any atom is -0.316 e. The molecule has 2 saturated heterocycles. The second-order valence-electron chi connectivity index (χ2n) is 5.44. The first-order chi connectivity index (χ1) is 9.77. The third-order valence-corrected chi connectivity index (χ3v) is 4.28. The Bertz CT molecular complexity index is 488. The van der Waals surface area contributed by atoms with Gasteiger partial charge in [0.25, 0.3) is 0 Å². The van der Waals surface area contributed by atoms with E-state index < -0.39 is 0 Å². The van der Waals surface area contributed by atoms with Crippen LogP contribution in [-0.2, 0) is 0 Å². The maximum absolute atomic E-state index is 11.3. The highest BCUT2D eigenvalue weighted by Crippen LogP contribution is 2.32. The predicted molar refractivity (Wildman–Crippen MR) is 76.0 cm³/mol. The maximum Gasteiger partial charge on any atom is 0.160 e. The number of piperazine rings is 1. The molecule has 108 valence electrons. The van der Waals surface area contributed by atoms with Crippen molar-refractivity contribution in [1.29, 1.82) is 0 Å². The van der Waals surface area contributed by atoms with E-state index in [1.807, 2.05) is 18.2 Å². The molecule has 0 amide bonds. The second-order valence-corrected chi connectivity index (χ2v) is 5.44. The van der Waals surface area contributed by atoms with Crippen molar-refractivity contribution in [1.82, 2.24) is 15.6 Å². The fraction of sp³-hybridized carbons (Fsp3) is 0.571. The Hall–Kier alpha value is -1.66. The molecule has 2 atom stereocenters. The largest absolute Gasteiger partial charge is 0.316 e. The summed E-state index contributed by atoms with van der Waals surface area (Å²) in [6, 6.07) is 8.01. The number of rotatable bonds is 3. The zero-order valence-electron chi connectivity index (χ0n) is 11.4. The first-order valence-electron chi connectivity index (χ1n) is 7.18. The quantitative estimate of drug-likeness (QED) is 0.634. The summed E-state index contributed by atoms with van der Waals surface area (Å²) in [6.45, 7) is 3.76. The van der Waals surface area contributed by atoms with E-state index >= 15 is 0 Å².